The van der Waals surface area contributed by atoms with Gasteiger partial charge in [-0.1, -0.05) is 70.9 Å². The number of benzene rings is 1. The van der Waals surface area contributed by atoms with Gasteiger partial charge in [0.25, 0.3) is 0 Å². The van der Waals surface area contributed by atoms with Crippen LogP contribution in [-0.2, 0) is 68.7 Å². The number of nitrogens with two attached hydrogens (primary N) is 8. The summed E-state index contributed by atoms with van der Waals surface area (Å²) in [7, 11) is 0. The second-order valence-electron chi connectivity index (χ2n) is 24.4. The van der Waals surface area contributed by atoms with Gasteiger partial charge in [0, 0.05) is 25.9 Å². The Labute approximate surface area is 555 Å². The van der Waals surface area contributed by atoms with Crippen molar-refractivity contribution in [1.82, 2.24) is 58.5 Å². The van der Waals surface area contributed by atoms with E-state index in [-0.39, 0.29) is 115 Å². The van der Waals surface area contributed by atoms with Gasteiger partial charge in [0.2, 0.25) is 65.0 Å². The smallest absolute Gasteiger partial charge is 0.323 e. The largest absolute Gasteiger partial charge is 0.459 e. The third kappa shape index (κ3) is 31.3. The van der Waals surface area contributed by atoms with Crippen LogP contribution >= 0.6 is 0 Å². The number of unbranched alkanes of at least 4 members (excludes halogenated alkanes) is 1. The van der Waals surface area contributed by atoms with E-state index >= 15 is 0 Å². The first-order valence-corrected chi connectivity index (χ1v) is 32.5. The molecule has 1 aliphatic heterocycles. The maximum absolute atomic E-state index is 14.8. The molecular weight excluding hydrogens is 1240 g/mol. The van der Waals surface area contributed by atoms with E-state index in [2.05, 4.69) is 63.5 Å². The zero-order chi connectivity index (χ0) is 71.3. The number of carbonyl (C=O) groups excluding carboxylic acids is 12. The summed E-state index contributed by atoms with van der Waals surface area (Å²) in [6, 6.07) is -8.15. The molecule has 0 radical (unpaired) electrons. The summed E-state index contributed by atoms with van der Waals surface area (Å²) in [6.45, 7) is 8.80. The lowest BCUT2D eigenvalue weighted by atomic mass is 10.00. The minimum Gasteiger partial charge on any atom is -0.459 e. The van der Waals surface area contributed by atoms with Gasteiger partial charge in [-0.3, -0.25) is 62.5 Å². The highest BCUT2D eigenvalue weighted by molar-refractivity contribution is 5.99. The van der Waals surface area contributed by atoms with Crippen LogP contribution in [0.3, 0.4) is 0 Å². The number of hydrogen-bond donors (Lipinski definition) is 20. The maximum Gasteiger partial charge on any atom is 0.323 e. The molecule has 28 N–H and O–H groups in total. The summed E-state index contributed by atoms with van der Waals surface area (Å²) in [5, 5.41) is 39.1. The van der Waals surface area contributed by atoms with Gasteiger partial charge in [-0.25, -0.2) is 0 Å². The fourth-order valence-electron chi connectivity index (χ4n) is 9.94. The summed E-state index contributed by atoms with van der Waals surface area (Å²) in [5.74, 6) is -11.2. The van der Waals surface area contributed by atoms with Gasteiger partial charge < -0.3 is 114 Å². The van der Waals surface area contributed by atoms with Crippen LogP contribution in [0.25, 0.3) is 0 Å². The van der Waals surface area contributed by atoms with Crippen LogP contribution in [-0.4, -0.2) is 206 Å². The van der Waals surface area contributed by atoms with Gasteiger partial charge >= 0.3 is 5.97 Å². The monoisotopic (exact) mass is 1340 g/mol. The molecule has 95 heavy (non-hydrogen) atoms. The number of aliphatic hydroxyl groups is 1. The van der Waals surface area contributed by atoms with Crippen LogP contribution in [0.15, 0.2) is 35.3 Å². The summed E-state index contributed by atoms with van der Waals surface area (Å²) in [4.78, 5) is 174. The van der Waals surface area contributed by atoms with Gasteiger partial charge in [0.05, 0.1) is 6.10 Å². The number of aliphatic hydroxyl groups excluding tert-OH is 1. The standard InChI is InChI=1S/C61H108N20O14/c1-33(2)13-10-11-17-47(83)72-39(18-24-62)54(88)81-49(36(6)95-60(94)38(67)16-12-29-71-61(68)69)59(93)77-42(21-27-65)51(85)76-44-23-30-70-58(92)48(35(5)82)80-55(89)43(22-28-66)74-50(84)40(19-25-63)75-56(90)45(31-34(3)4)78-57(91)46(32-37-14-8-7-9-15-37)79-52(86)41(20-26-64)73-53(44)87/h7-9,14-15,33-36,38-46,48-49,82H,10-13,16-32,62-67H2,1-6H3,(H,70,92)(H,72,83)(H,73,87)(H,74,84)(H,75,90)(H,76,85)(H,77,93)(H,78,91)(H,79,86)(H,80,89)(H,81,88)(H4,68,69,71)/t35-,36-,38+,39+,40+,41+,42+,43+,44+,45+,46-,48+,49+/m1/s1. The quantitative estimate of drug-likeness (QED) is 0.0132. The molecule has 11 amide bonds. The topological polar surface area (TPSA) is 587 Å². The zero-order valence-corrected chi connectivity index (χ0v) is 55.7. The molecule has 0 unspecified atom stereocenters. The highest BCUT2D eigenvalue weighted by atomic mass is 16.5. The Hall–Kier alpha value is -8.15. The van der Waals surface area contributed by atoms with Crippen LogP contribution < -0.4 is 104 Å². The van der Waals surface area contributed by atoms with Gasteiger partial charge in [0.1, 0.15) is 72.6 Å². The molecule has 34 heteroatoms. The Balaban J connectivity index is 2.80. The summed E-state index contributed by atoms with van der Waals surface area (Å²) in [6.07, 6.45) is -2.34. The molecule has 13 atom stereocenters. The fourth-order valence-corrected chi connectivity index (χ4v) is 9.94. The molecule has 0 aliphatic carbocycles. The Morgan fingerprint density at radius 3 is 1.62 bits per heavy atom. The van der Waals surface area contributed by atoms with Crippen molar-refractivity contribution in [2.75, 3.05) is 45.8 Å². The second kappa shape index (κ2) is 44.5. The molecule has 1 heterocycles. The van der Waals surface area contributed by atoms with E-state index in [4.69, 9.17) is 50.6 Å². The molecule has 0 aromatic heterocycles. The Bertz CT molecular complexity index is 2670. The highest BCUT2D eigenvalue weighted by Gasteiger charge is 2.39. The average Bonchev–Trinajstić information content (AvgIpc) is 1.12. The molecule has 1 saturated heterocycles. The third-order valence-corrected chi connectivity index (χ3v) is 15.2. The minimum atomic E-state index is -1.82. The zero-order valence-electron chi connectivity index (χ0n) is 55.7. The third-order valence-electron chi connectivity index (χ3n) is 15.2. The van der Waals surface area contributed by atoms with Crippen molar-refractivity contribution in [2.24, 2.45) is 62.7 Å². The molecular formula is C61H108N20O14. The van der Waals surface area contributed by atoms with E-state index in [0.717, 1.165) is 12.8 Å². The van der Waals surface area contributed by atoms with Crippen molar-refractivity contribution >= 4 is 76.9 Å². The average molecular weight is 1350 g/mol. The molecule has 2 rings (SSSR count). The van der Waals surface area contributed by atoms with Crippen LogP contribution in [0.2, 0.25) is 0 Å². The molecule has 1 aromatic carbocycles. The molecule has 0 spiro atoms. The lowest BCUT2D eigenvalue weighted by Gasteiger charge is -2.30. The number of aliphatic imine (C=N–C) groups is 1. The molecule has 1 fully saturated rings. The predicted octanol–water partition coefficient (Wildman–Crippen LogP) is -6.70. The number of esters is 1. The van der Waals surface area contributed by atoms with Crippen molar-refractivity contribution in [1.29, 1.82) is 0 Å². The van der Waals surface area contributed by atoms with E-state index in [1.165, 1.54) is 13.8 Å². The number of rotatable bonds is 34. The van der Waals surface area contributed by atoms with Crippen LogP contribution in [0, 0.1) is 11.8 Å². The van der Waals surface area contributed by atoms with Gasteiger partial charge in [0.15, 0.2) is 5.96 Å². The van der Waals surface area contributed by atoms with E-state index in [1.54, 1.807) is 44.2 Å². The lowest BCUT2D eigenvalue weighted by Crippen LogP contribution is -2.62. The van der Waals surface area contributed by atoms with Crippen LogP contribution in [0.5, 0.6) is 0 Å². The van der Waals surface area contributed by atoms with Crippen molar-refractivity contribution in [3.8, 4) is 0 Å². The highest BCUT2D eigenvalue weighted by Crippen LogP contribution is 2.14. The van der Waals surface area contributed by atoms with Gasteiger partial charge in [-0.2, -0.15) is 0 Å². The number of nitrogens with zero attached hydrogens (tertiary/aromatic N) is 1. The van der Waals surface area contributed by atoms with Crippen molar-refractivity contribution < 1.29 is 67.4 Å². The summed E-state index contributed by atoms with van der Waals surface area (Å²) < 4.78 is 5.64. The minimum absolute atomic E-state index is 0.0249. The lowest BCUT2D eigenvalue weighted by molar-refractivity contribution is -0.154. The molecule has 536 valence electrons. The molecule has 0 saturated carbocycles. The van der Waals surface area contributed by atoms with Crippen molar-refractivity contribution in [3.63, 3.8) is 0 Å². The predicted molar refractivity (Wildman–Crippen MR) is 353 cm³/mol. The van der Waals surface area contributed by atoms with Crippen LogP contribution in [0.4, 0.5) is 0 Å². The molecule has 34 nitrogen and oxygen atoms in total. The van der Waals surface area contributed by atoms with Crippen LogP contribution in [0.1, 0.15) is 131 Å². The summed E-state index contributed by atoms with van der Waals surface area (Å²) >= 11 is 0. The van der Waals surface area contributed by atoms with Gasteiger partial charge in [-0.15, -0.1) is 0 Å². The number of guanidine groups is 1. The normalized spacial score (nSPS) is 21.6. The number of amides is 11. The van der Waals surface area contributed by atoms with Crippen molar-refractivity contribution in [2.45, 2.75) is 210 Å². The van der Waals surface area contributed by atoms with E-state index in [1.807, 2.05) is 13.8 Å². The fraction of sp³-hybridized carbons (Fsp3) is 0.689. The van der Waals surface area contributed by atoms with E-state index < -0.39 is 163 Å². The first-order chi connectivity index (χ1) is 45.0. The number of hydrogen-bond acceptors (Lipinski definition) is 21. The Morgan fingerprint density at radius 1 is 0.579 bits per heavy atom. The second-order valence-corrected chi connectivity index (χ2v) is 24.4. The Kier molecular flexibility index (Phi) is 38.9. The molecule has 1 aliphatic rings. The first kappa shape index (κ1) is 82.9. The van der Waals surface area contributed by atoms with Gasteiger partial charge in [-0.05, 0) is 128 Å². The summed E-state index contributed by atoms with van der Waals surface area (Å²) in [5.41, 5.74) is 47.2. The molecule has 0 bridgehead atoms. The Morgan fingerprint density at radius 2 is 1.09 bits per heavy atom. The van der Waals surface area contributed by atoms with E-state index in [9.17, 15) is 62.6 Å². The SMILES string of the molecule is CC(C)CCCCC(=O)N[C@@H](CCN)C(=O)N[C@H](C(=O)N[C@@H](CCN)C(=O)N[C@H]1CCNC(=O)[C@H]([C@@H](C)O)NC(=O)[C@H](CCN)NC(=O)[C@H](CCN)NC(=O)[C@H](CC(C)C)NC(=O)[C@@H](Cc2ccccc2)NC(=O)[C@H](CCN)NC1=O)[C@@H](C)OC(=O)[C@@H](N)CCCN=C(N)N. The first-order valence-electron chi connectivity index (χ1n) is 32.5. The number of carbonyl (C=O) groups is 12. The number of nitrogens with one attached hydrogen (secondary N) is 11. The van der Waals surface area contributed by atoms with E-state index in [0.29, 0.717) is 17.9 Å². The van der Waals surface area contributed by atoms with Crippen molar-refractivity contribution in [3.05, 3.63) is 35.9 Å². The number of ether oxygens (including phenoxy) is 1. The maximum atomic E-state index is 14.8. The molecule has 1 aromatic rings.